The van der Waals surface area contributed by atoms with E-state index in [1.807, 2.05) is 0 Å². The first-order valence-corrected chi connectivity index (χ1v) is 8.68. The fourth-order valence-corrected chi connectivity index (χ4v) is 3.73. The molecule has 1 heterocycles. The Kier molecular flexibility index (Phi) is 5.76. The molecule has 0 amide bonds. The van der Waals surface area contributed by atoms with Crippen LogP contribution in [0.1, 0.15) is 29.9 Å². The Morgan fingerprint density at radius 2 is 1.60 bits per heavy atom. The molecule has 0 aliphatic carbocycles. The molecule has 134 valence electrons. The number of nitrogens with zero attached hydrogens (tertiary/aromatic N) is 1. The maximum Gasteiger partial charge on any atom is 0.126 e. The molecular formula is C20H23F3N2. The lowest BCUT2D eigenvalue weighted by molar-refractivity contribution is 0.161. The van der Waals surface area contributed by atoms with Crippen molar-refractivity contribution < 1.29 is 13.2 Å². The Morgan fingerprint density at radius 1 is 0.960 bits per heavy atom. The van der Waals surface area contributed by atoms with Crippen molar-refractivity contribution in [2.75, 3.05) is 19.6 Å². The predicted octanol–water partition coefficient (Wildman–Crippen LogP) is 4.06. The van der Waals surface area contributed by atoms with E-state index in [1.54, 1.807) is 12.1 Å². The number of hydrogen-bond acceptors (Lipinski definition) is 2. The molecule has 5 heteroatoms. The largest absolute Gasteiger partial charge is 0.330 e. The van der Waals surface area contributed by atoms with Gasteiger partial charge < -0.3 is 5.73 Å². The molecule has 1 saturated heterocycles. The first kappa shape index (κ1) is 18.0. The molecule has 0 radical (unpaired) electrons. The van der Waals surface area contributed by atoms with Gasteiger partial charge in [-0.05, 0) is 79.9 Å². The monoisotopic (exact) mass is 348 g/mol. The molecule has 25 heavy (non-hydrogen) atoms. The average Bonchev–Trinajstić information content (AvgIpc) is 2.62. The summed E-state index contributed by atoms with van der Waals surface area (Å²) >= 11 is 0. The maximum atomic E-state index is 14.1. The van der Waals surface area contributed by atoms with Crippen molar-refractivity contribution in [3.05, 3.63) is 71.0 Å². The molecule has 0 aromatic heterocycles. The molecule has 0 bridgehead atoms. The van der Waals surface area contributed by atoms with Gasteiger partial charge in [-0.15, -0.1) is 0 Å². The van der Waals surface area contributed by atoms with E-state index in [0.29, 0.717) is 12.1 Å². The van der Waals surface area contributed by atoms with E-state index < -0.39 is 5.82 Å². The van der Waals surface area contributed by atoms with Crippen molar-refractivity contribution >= 4 is 0 Å². The second kappa shape index (κ2) is 8.02. The third-order valence-corrected chi connectivity index (χ3v) is 5.13. The van der Waals surface area contributed by atoms with Crippen molar-refractivity contribution in [2.45, 2.75) is 25.3 Å². The van der Waals surface area contributed by atoms with Gasteiger partial charge >= 0.3 is 0 Å². The Bertz CT molecular complexity index is 695. The fraction of sp³-hybridized carbons (Fsp3) is 0.400. The summed E-state index contributed by atoms with van der Waals surface area (Å²) in [4.78, 5) is 2.30. The van der Waals surface area contributed by atoms with Crippen molar-refractivity contribution in [1.82, 2.24) is 4.90 Å². The number of piperidine rings is 1. The van der Waals surface area contributed by atoms with E-state index >= 15 is 0 Å². The van der Waals surface area contributed by atoms with Crippen LogP contribution in [-0.2, 0) is 6.54 Å². The highest BCUT2D eigenvalue weighted by atomic mass is 19.1. The van der Waals surface area contributed by atoms with E-state index in [9.17, 15) is 13.2 Å². The van der Waals surface area contributed by atoms with Crippen molar-refractivity contribution in [1.29, 1.82) is 0 Å². The van der Waals surface area contributed by atoms with E-state index in [1.165, 1.54) is 24.3 Å². The lowest BCUT2D eigenvalue weighted by atomic mass is 9.79. The van der Waals surface area contributed by atoms with Gasteiger partial charge in [0, 0.05) is 12.5 Å². The molecule has 3 rings (SSSR count). The van der Waals surface area contributed by atoms with Crippen LogP contribution >= 0.6 is 0 Å². The number of likely N-dealkylation sites (tertiary alicyclic amines) is 1. The highest BCUT2D eigenvalue weighted by molar-refractivity contribution is 5.24. The van der Waals surface area contributed by atoms with Crippen LogP contribution in [0.2, 0.25) is 0 Å². The summed E-state index contributed by atoms with van der Waals surface area (Å²) in [5.41, 5.74) is 7.35. The quantitative estimate of drug-likeness (QED) is 0.883. The summed E-state index contributed by atoms with van der Waals surface area (Å²) in [5.74, 6) is -0.964. The summed E-state index contributed by atoms with van der Waals surface area (Å²) < 4.78 is 40.6. The first-order valence-electron chi connectivity index (χ1n) is 8.68. The molecule has 2 aromatic carbocycles. The summed E-state index contributed by atoms with van der Waals surface area (Å²) in [6, 6.07) is 10.1. The van der Waals surface area contributed by atoms with Gasteiger partial charge in [-0.3, -0.25) is 4.90 Å². The van der Waals surface area contributed by atoms with Gasteiger partial charge in [-0.2, -0.15) is 0 Å². The van der Waals surface area contributed by atoms with E-state index in [-0.39, 0.29) is 23.5 Å². The van der Waals surface area contributed by atoms with Crippen LogP contribution in [0.15, 0.2) is 42.5 Å². The summed E-state index contributed by atoms with van der Waals surface area (Å²) in [5, 5.41) is 0. The molecule has 2 N–H and O–H groups in total. The third-order valence-electron chi connectivity index (χ3n) is 5.13. The molecule has 2 nitrogen and oxygen atoms in total. The number of rotatable bonds is 5. The van der Waals surface area contributed by atoms with Crippen LogP contribution in [0, 0.1) is 23.4 Å². The second-order valence-electron chi connectivity index (χ2n) is 6.75. The number of hydrogen-bond donors (Lipinski definition) is 1. The number of halogens is 3. The highest BCUT2D eigenvalue weighted by Gasteiger charge is 2.28. The van der Waals surface area contributed by atoms with Gasteiger partial charge in [-0.1, -0.05) is 12.1 Å². The number of benzene rings is 2. The SMILES string of the molecule is NCC(c1cc(F)ccc1F)C1CCN(Cc2ccc(F)cc2)CC1. The molecule has 1 aliphatic heterocycles. The third kappa shape index (κ3) is 4.41. The molecule has 1 fully saturated rings. The molecule has 2 aromatic rings. The van der Waals surface area contributed by atoms with Crippen molar-refractivity contribution in [2.24, 2.45) is 11.7 Å². The van der Waals surface area contributed by atoms with Crippen LogP contribution in [0.4, 0.5) is 13.2 Å². The first-order chi connectivity index (χ1) is 12.1. The lowest BCUT2D eigenvalue weighted by Gasteiger charge is -2.36. The fourth-order valence-electron chi connectivity index (χ4n) is 3.73. The molecule has 1 atom stereocenters. The van der Waals surface area contributed by atoms with E-state index in [0.717, 1.165) is 44.1 Å². The molecule has 0 saturated carbocycles. The van der Waals surface area contributed by atoms with Gasteiger partial charge in [0.05, 0.1) is 0 Å². The normalized spacial score (nSPS) is 17.6. The smallest absolute Gasteiger partial charge is 0.126 e. The van der Waals surface area contributed by atoms with Gasteiger partial charge in [0.2, 0.25) is 0 Å². The minimum absolute atomic E-state index is 0.163. The second-order valence-corrected chi connectivity index (χ2v) is 6.75. The summed E-state index contributed by atoms with van der Waals surface area (Å²) in [7, 11) is 0. The summed E-state index contributed by atoms with van der Waals surface area (Å²) in [6.45, 7) is 2.82. The van der Waals surface area contributed by atoms with Crippen LogP contribution in [0.3, 0.4) is 0 Å². The van der Waals surface area contributed by atoms with E-state index in [2.05, 4.69) is 4.90 Å². The molecule has 1 unspecified atom stereocenters. The zero-order valence-corrected chi connectivity index (χ0v) is 14.1. The summed E-state index contributed by atoms with van der Waals surface area (Å²) in [6.07, 6.45) is 1.78. The molecular weight excluding hydrogens is 325 g/mol. The average molecular weight is 348 g/mol. The maximum absolute atomic E-state index is 14.1. The van der Waals surface area contributed by atoms with Crippen molar-refractivity contribution in [3.8, 4) is 0 Å². The van der Waals surface area contributed by atoms with Crippen LogP contribution in [0.25, 0.3) is 0 Å². The van der Waals surface area contributed by atoms with Crippen LogP contribution in [0.5, 0.6) is 0 Å². The van der Waals surface area contributed by atoms with Gasteiger partial charge in [-0.25, -0.2) is 13.2 Å². The van der Waals surface area contributed by atoms with E-state index in [4.69, 9.17) is 5.73 Å². The standard InChI is InChI=1S/C20H23F3N2/c21-16-3-1-14(2-4-16)13-25-9-7-15(8-10-25)19(12-24)18-11-17(22)5-6-20(18)23/h1-6,11,15,19H,7-10,12-13,24H2. The zero-order chi connectivity index (χ0) is 17.8. The van der Waals surface area contributed by atoms with Gasteiger partial charge in [0.15, 0.2) is 0 Å². The Labute approximate surface area is 146 Å². The van der Waals surface area contributed by atoms with Crippen molar-refractivity contribution in [3.63, 3.8) is 0 Å². The Balaban J connectivity index is 1.62. The zero-order valence-electron chi connectivity index (χ0n) is 14.1. The molecule has 0 spiro atoms. The minimum atomic E-state index is -0.427. The topological polar surface area (TPSA) is 29.3 Å². The Hall–Kier alpha value is -1.85. The van der Waals surface area contributed by atoms with Gasteiger partial charge in [0.25, 0.3) is 0 Å². The molecule has 1 aliphatic rings. The Morgan fingerprint density at radius 3 is 2.24 bits per heavy atom. The van der Waals surface area contributed by atoms with Crippen LogP contribution in [-0.4, -0.2) is 24.5 Å². The predicted molar refractivity (Wildman–Crippen MR) is 92.6 cm³/mol. The number of nitrogens with two attached hydrogens (primary N) is 1. The van der Waals surface area contributed by atoms with Gasteiger partial charge in [0.1, 0.15) is 17.5 Å². The minimum Gasteiger partial charge on any atom is -0.330 e. The lowest BCUT2D eigenvalue weighted by Crippen LogP contribution is -2.37. The van der Waals surface area contributed by atoms with Crippen LogP contribution < -0.4 is 5.73 Å². The highest BCUT2D eigenvalue weighted by Crippen LogP contribution is 2.34.